The monoisotopic (exact) mass is 372 g/mol. The fraction of sp³-hybridized carbons (Fsp3) is 0.636. The molecule has 142 valence electrons. The van der Waals surface area contributed by atoms with E-state index in [1.807, 2.05) is 63.1 Å². The third kappa shape index (κ3) is 2.72. The summed E-state index contributed by atoms with van der Waals surface area (Å²) in [5, 5.41) is 1.16. The first-order chi connectivity index (χ1) is 12.0. The van der Waals surface area contributed by atoms with Gasteiger partial charge in [-0.1, -0.05) is 76.2 Å². The second-order valence-corrected chi connectivity index (χ2v) is 10.7. The zero-order valence-corrected chi connectivity index (χ0v) is 18.0. The van der Waals surface area contributed by atoms with E-state index in [1.54, 1.807) is 4.90 Å². The van der Waals surface area contributed by atoms with Crippen LogP contribution in [0.3, 0.4) is 0 Å². The summed E-state index contributed by atoms with van der Waals surface area (Å²) in [6, 6.07) is 9.99. The Bertz CT molecular complexity index is 720. The van der Waals surface area contributed by atoms with Crippen molar-refractivity contribution < 1.29 is 4.79 Å². The molecule has 2 fully saturated rings. The number of likely N-dealkylation sites (N-methyl/N-ethyl adjacent to an activating group) is 1. The van der Waals surface area contributed by atoms with Gasteiger partial charge in [0.2, 0.25) is 0 Å². The lowest BCUT2D eigenvalue weighted by atomic mass is 9.57. The molecule has 1 atom stereocenters. The van der Waals surface area contributed by atoms with Crippen molar-refractivity contribution in [1.82, 2.24) is 4.90 Å². The quantitative estimate of drug-likeness (QED) is 0.691. The summed E-state index contributed by atoms with van der Waals surface area (Å²) in [5.41, 5.74) is 0.467. The van der Waals surface area contributed by atoms with Crippen molar-refractivity contribution in [3.8, 4) is 0 Å². The van der Waals surface area contributed by atoms with Gasteiger partial charge >= 0.3 is 0 Å². The lowest BCUT2D eigenvalue weighted by molar-refractivity contribution is -0.134. The number of carbonyl (C=O) groups is 1. The van der Waals surface area contributed by atoms with Crippen LogP contribution in [0.15, 0.2) is 35.3 Å². The van der Waals surface area contributed by atoms with Gasteiger partial charge in [0, 0.05) is 14.1 Å². The Morgan fingerprint density at radius 2 is 1.62 bits per heavy atom. The maximum Gasteiger partial charge on any atom is 0.254 e. The Kier molecular flexibility index (Phi) is 4.58. The fourth-order valence-corrected chi connectivity index (χ4v) is 6.78. The number of amides is 1. The van der Waals surface area contributed by atoms with Crippen LogP contribution in [0, 0.1) is 10.8 Å². The van der Waals surface area contributed by atoms with Gasteiger partial charge in [-0.15, -0.1) is 0 Å². The topological polar surface area (TPSA) is 32.7 Å². The van der Waals surface area contributed by atoms with Crippen molar-refractivity contribution in [2.24, 2.45) is 15.8 Å². The zero-order chi connectivity index (χ0) is 19.4. The Morgan fingerprint density at radius 1 is 1.08 bits per heavy atom. The summed E-state index contributed by atoms with van der Waals surface area (Å²) in [4.78, 5) is 20.0. The first kappa shape index (κ1) is 19.5. The van der Waals surface area contributed by atoms with Crippen molar-refractivity contribution in [3.05, 3.63) is 35.9 Å². The third-order valence-corrected chi connectivity index (χ3v) is 8.49. The van der Waals surface area contributed by atoms with Crippen LogP contribution >= 0.6 is 11.8 Å². The molecule has 4 heteroatoms. The highest BCUT2D eigenvalue weighted by atomic mass is 32.2. The highest BCUT2D eigenvalue weighted by Crippen LogP contribution is 2.72. The minimum Gasteiger partial charge on any atom is -0.346 e. The summed E-state index contributed by atoms with van der Waals surface area (Å²) in [5.74, 6) is 0.0327. The number of aliphatic imine (C=N–C) groups is 1. The van der Waals surface area contributed by atoms with Gasteiger partial charge < -0.3 is 4.90 Å². The van der Waals surface area contributed by atoms with E-state index in [0.717, 1.165) is 10.6 Å². The summed E-state index contributed by atoms with van der Waals surface area (Å²) in [6.07, 6.45) is 3.69. The van der Waals surface area contributed by atoms with Crippen LogP contribution in [0.4, 0.5) is 0 Å². The summed E-state index contributed by atoms with van der Waals surface area (Å²) >= 11 is 1.90. The van der Waals surface area contributed by atoms with E-state index in [2.05, 4.69) is 27.7 Å². The molecule has 0 bridgehead atoms. The highest BCUT2D eigenvalue weighted by Gasteiger charge is 2.71. The third-order valence-electron chi connectivity index (χ3n) is 6.50. The number of carbonyl (C=O) groups excluding carboxylic acids is 1. The van der Waals surface area contributed by atoms with Crippen LogP contribution in [-0.4, -0.2) is 34.7 Å². The van der Waals surface area contributed by atoms with Crippen molar-refractivity contribution in [2.45, 2.75) is 64.2 Å². The van der Waals surface area contributed by atoms with Crippen molar-refractivity contribution in [2.75, 3.05) is 14.1 Å². The van der Waals surface area contributed by atoms with Crippen LogP contribution in [0.1, 0.15) is 59.4 Å². The molecule has 1 aromatic rings. The van der Waals surface area contributed by atoms with E-state index in [1.165, 1.54) is 19.3 Å². The van der Waals surface area contributed by atoms with E-state index in [-0.39, 0.29) is 21.5 Å². The molecule has 1 saturated carbocycles. The molecule has 1 heterocycles. The van der Waals surface area contributed by atoms with Crippen molar-refractivity contribution in [1.29, 1.82) is 0 Å². The molecule has 1 spiro atoms. The number of hydrogen-bond acceptors (Lipinski definition) is 3. The molecular weight excluding hydrogens is 340 g/mol. The van der Waals surface area contributed by atoms with Crippen molar-refractivity contribution >= 4 is 22.7 Å². The molecule has 1 aliphatic heterocycles. The molecule has 3 rings (SSSR count). The molecule has 0 aromatic heterocycles. The van der Waals surface area contributed by atoms with Crippen LogP contribution < -0.4 is 0 Å². The number of benzene rings is 1. The Labute approximate surface area is 162 Å². The van der Waals surface area contributed by atoms with E-state index >= 15 is 0 Å². The maximum absolute atomic E-state index is 13.1. The second kappa shape index (κ2) is 6.12. The summed E-state index contributed by atoms with van der Waals surface area (Å²) < 4.78 is 0.0425. The Balaban J connectivity index is 2.10. The van der Waals surface area contributed by atoms with Gasteiger partial charge in [0.15, 0.2) is 5.54 Å². The molecule has 2 aliphatic rings. The number of rotatable bonds is 3. The van der Waals surface area contributed by atoms with E-state index in [0.29, 0.717) is 0 Å². The molecule has 1 amide bonds. The Hall–Kier alpha value is -1.29. The van der Waals surface area contributed by atoms with Crippen LogP contribution in [0.2, 0.25) is 0 Å². The molecule has 3 nitrogen and oxygen atoms in total. The lowest BCUT2D eigenvalue weighted by Crippen LogP contribution is -2.49. The van der Waals surface area contributed by atoms with Gasteiger partial charge in [-0.25, -0.2) is 0 Å². The Morgan fingerprint density at radius 3 is 2.12 bits per heavy atom. The first-order valence-electron chi connectivity index (χ1n) is 9.55. The summed E-state index contributed by atoms with van der Waals surface area (Å²) in [7, 11) is 3.63. The van der Waals surface area contributed by atoms with Gasteiger partial charge in [-0.2, -0.15) is 0 Å². The average molecular weight is 373 g/mol. The molecule has 0 N–H and O–H groups in total. The first-order valence-corrected chi connectivity index (χ1v) is 10.4. The predicted octanol–water partition coefficient (Wildman–Crippen LogP) is 5.11. The zero-order valence-electron chi connectivity index (χ0n) is 17.2. The fourth-order valence-electron chi connectivity index (χ4n) is 4.95. The molecule has 26 heavy (non-hydrogen) atoms. The van der Waals surface area contributed by atoms with Crippen LogP contribution in [-0.2, 0) is 10.3 Å². The van der Waals surface area contributed by atoms with Gasteiger partial charge in [-0.3, -0.25) is 9.79 Å². The predicted molar refractivity (Wildman–Crippen MR) is 112 cm³/mol. The largest absolute Gasteiger partial charge is 0.346 e. The van der Waals surface area contributed by atoms with Gasteiger partial charge in [0.05, 0.1) is 9.79 Å². The van der Waals surface area contributed by atoms with Crippen molar-refractivity contribution in [3.63, 3.8) is 0 Å². The molecule has 1 aliphatic carbocycles. The smallest absolute Gasteiger partial charge is 0.254 e. The van der Waals surface area contributed by atoms with E-state index < -0.39 is 5.54 Å². The van der Waals surface area contributed by atoms with E-state index in [9.17, 15) is 4.79 Å². The van der Waals surface area contributed by atoms with Crippen LogP contribution in [0.25, 0.3) is 0 Å². The molecule has 1 aromatic carbocycles. The minimum absolute atomic E-state index is 0.0327. The van der Waals surface area contributed by atoms with Gasteiger partial charge in [0.25, 0.3) is 5.91 Å². The molecular formula is C22H32N2OS. The second-order valence-electron chi connectivity index (χ2n) is 9.46. The van der Waals surface area contributed by atoms with Gasteiger partial charge in [0.1, 0.15) is 0 Å². The number of nitrogens with zero attached hydrogens (tertiary/aromatic N) is 2. The normalized spacial score (nSPS) is 26.3. The highest BCUT2D eigenvalue weighted by molar-refractivity contribution is 8.26. The lowest BCUT2D eigenvalue weighted by Gasteiger charge is -2.48. The molecule has 0 radical (unpaired) electrons. The maximum atomic E-state index is 13.1. The van der Waals surface area contributed by atoms with E-state index in [4.69, 9.17) is 4.99 Å². The molecule has 1 saturated heterocycles. The summed E-state index contributed by atoms with van der Waals surface area (Å²) in [6.45, 7) is 11.5. The average Bonchev–Trinajstić information content (AvgIpc) is 3.29. The number of hydrogen-bond donors (Lipinski definition) is 0. The van der Waals surface area contributed by atoms with Crippen LogP contribution in [0.5, 0.6) is 0 Å². The van der Waals surface area contributed by atoms with Gasteiger partial charge in [-0.05, 0) is 36.2 Å². The number of thioether (sulfide) groups is 1. The molecule has 1 unspecified atom stereocenters. The SMILES string of the molecule is CN(C)C(=O)C(C)(N=C1SC12C(C)(C)CCCC2(C)C)c1ccccc1. The standard InChI is InChI=1S/C22H32N2OS/c1-19(2)14-11-15-20(3,4)22(19)17(26-22)23-21(5,18(25)24(6)7)16-12-9-8-10-13-16/h8-10,12-13H,11,14-15H2,1-7H3. The minimum atomic E-state index is -0.875.